The number of esters is 1. The zero-order valence-corrected chi connectivity index (χ0v) is 12.2. The number of carbonyl (C=O) groups is 1. The summed E-state index contributed by atoms with van der Waals surface area (Å²) in [5.41, 5.74) is 2.52. The van der Waals surface area contributed by atoms with E-state index in [0.717, 1.165) is 16.5 Å². The number of carbonyl (C=O) groups excluding carboxylic acids is 1. The monoisotopic (exact) mass is 293 g/mol. The van der Waals surface area contributed by atoms with Crippen LogP contribution in [0.25, 0.3) is 10.9 Å². The molecule has 0 saturated heterocycles. The number of fused-ring (bicyclic) bond motifs is 1. The summed E-state index contributed by atoms with van der Waals surface area (Å²) >= 11 is 0. The Morgan fingerprint density at radius 3 is 2.59 bits per heavy atom. The minimum Gasteiger partial charge on any atom is -0.489 e. The predicted molar refractivity (Wildman–Crippen MR) is 83.9 cm³/mol. The van der Waals surface area contributed by atoms with E-state index in [-0.39, 0.29) is 5.97 Å². The molecule has 0 radical (unpaired) electrons. The van der Waals surface area contributed by atoms with E-state index in [1.54, 1.807) is 30.5 Å². The molecule has 0 fully saturated rings. The maximum atomic E-state index is 11.4. The minimum atomic E-state index is -0.355. The second-order valence-corrected chi connectivity index (χ2v) is 4.79. The van der Waals surface area contributed by atoms with Crippen LogP contribution in [0.2, 0.25) is 0 Å². The van der Waals surface area contributed by atoms with Crippen molar-refractivity contribution in [2.24, 2.45) is 0 Å². The van der Waals surface area contributed by atoms with E-state index in [4.69, 9.17) is 4.74 Å². The number of rotatable bonds is 4. The van der Waals surface area contributed by atoms with Crippen molar-refractivity contribution in [1.29, 1.82) is 0 Å². The third-order valence-corrected chi connectivity index (χ3v) is 3.41. The molecule has 0 N–H and O–H groups in total. The Labute approximate surface area is 128 Å². The van der Waals surface area contributed by atoms with Crippen LogP contribution in [0.4, 0.5) is 0 Å². The van der Waals surface area contributed by atoms with Gasteiger partial charge in [-0.2, -0.15) is 0 Å². The first-order chi connectivity index (χ1) is 10.8. The molecule has 0 aliphatic heterocycles. The number of pyridine rings is 1. The Morgan fingerprint density at radius 2 is 1.82 bits per heavy atom. The Morgan fingerprint density at radius 1 is 1.05 bits per heavy atom. The summed E-state index contributed by atoms with van der Waals surface area (Å²) < 4.78 is 10.5. The van der Waals surface area contributed by atoms with Gasteiger partial charge in [-0.1, -0.05) is 18.2 Å². The lowest BCUT2D eigenvalue weighted by molar-refractivity contribution is 0.0600. The quantitative estimate of drug-likeness (QED) is 0.690. The first kappa shape index (κ1) is 14.1. The average molecular weight is 293 g/mol. The summed E-state index contributed by atoms with van der Waals surface area (Å²) in [5.74, 6) is 0.347. The van der Waals surface area contributed by atoms with Crippen molar-refractivity contribution >= 4 is 16.9 Å². The standard InChI is InChI=1S/C18H15NO3/c1-21-18(20)13-6-8-15(9-7-13)22-12-14-10-11-19-17-5-3-2-4-16(14)17/h2-11H,12H2,1H3. The largest absolute Gasteiger partial charge is 0.489 e. The number of aromatic nitrogens is 1. The molecule has 0 unspecified atom stereocenters. The van der Waals surface area contributed by atoms with Crippen LogP contribution in [0.5, 0.6) is 5.75 Å². The number of hydrogen-bond donors (Lipinski definition) is 0. The van der Waals surface area contributed by atoms with Gasteiger partial charge in [0, 0.05) is 17.1 Å². The molecule has 0 aliphatic carbocycles. The molecule has 0 bridgehead atoms. The van der Waals surface area contributed by atoms with Crippen LogP contribution in [-0.2, 0) is 11.3 Å². The van der Waals surface area contributed by atoms with E-state index in [9.17, 15) is 4.79 Å². The molecular weight excluding hydrogens is 278 g/mol. The van der Waals surface area contributed by atoms with Gasteiger partial charge in [0.2, 0.25) is 0 Å². The van der Waals surface area contributed by atoms with Gasteiger partial charge in [0.25, 0.3) is 0 Å². The minimum absolute atomic E-state index is 0.355. The van der Waals surface area contributed by atoms with Crippen LogP contribution in [0, 0.1) is 0 Å². The van der Waals surface area contributed by atoms with Crippen LogP contribution in [0.3, 0.4) is 0 Å². The zero-order chi connectivity index (χ0) is 15.4. The molecule has 0 atom stereocenters. The summed E-state index contributed by atoms with van der Waals surface area (Å²) in [5, 5.41) is 1.08. The lowest BCUT2D eigenvalue weighted by Gasteiger charge is -2.09. The summed E-state index contributed by atoms with van der Waals surface area (Å²) in [6, 6.07) is 16.8. The van der Waals surface area contributed by atoms with Gasteiger partial charge in [0.1, 0.15) is 12.4 Å². The number of ether oxygens (including phenoxy) is 2. The Balaban J connectivity index is 1.75. The summed E-state index contributed by atoms with van der Waals surface area (Å²) in [6.07, 6.45) is 1.78. The highest BCUT2D eigenvalue weighted by molar-refractivity contribution is 5.89. The van der Waals surface area contributed by atoms with Crippen LogP contribution >= 0.6 is 0 Å². The number of hydrogen-bond acceptors (Lipinski definition) is 4. The third kappa shape index (κ3) is 2.91. The van der Waals surface area contributed by atoms with Crippen LogP contribution in [0.15, 0.2) is 60.8 Å². The van der Waals surface area contributed by atoms with E-state index < -0.39 is 0 Å². The molecule has 3 aromatic rings. The topological polar surface area (TPSA) is 48.4 Å². The predicted octanol–water partition coefficient (Wildman–Crippen LogP) is 3.60. The van der Waals surface area contributed by atoms with Gasteiger partial charge in [-0.25, -0.2) is 4.79 Å². The van der Waals surface area contributed by atoms with Crippen molar-refractivity contribution in [2.45, 2.75) is 6.61 Å². The maximum Gasteiger partial charge on any atom is 0.337 e. The van der Waals surface area contributed by atoms with Crippen molar-refractivity contribution in [3.63, 3.8) is 0 Å². The lowest BCUT2D eigenvalue weighted by Crippen LogP contribution is -2.01. The van der Waals surface area contributed by atoms with Crippen LogP contribution in [0.1, 0.15) is 15.9 Å². The number of para-hydroxylation sites is 1. The molecule has 0 aliphatic rings. The molecule has 1 heterocycles. The molecule has 2 aromatic carbocycles. The van der Waals surface area contributed by atoms with E-state index >= 15 is 0 Å². The van der Waals surface area contributed by atoms with Gasteiger partial charge in [-0.05, 0) is 36.4 Å². The Hall–Kier alpha value is -2.88. The fraction of sp³-hybridized carbons (Fsp3) is 0.111. The molecule has 0 amide bonds. The van der Waals surface area contributed by atoms with Gasteiger partial charge < -0.3 is 9.47 Å². The zero-order valence-electron chi connectivity index (χ0n) is 12.2. The number of nitrogens with zero attached hydrogens (tertiary/aromatic N) is 1. The van der Waals surface area contributed by atoms with Crippen molar-refractivity contribution < 1.29 is 14.3 Å². The Kier molecular flexibility index (Phi) is 4.01. The van der Waals surface area contributed by atoms with Crippen molar-refractivity contribution in [1.82, 2.24) is 4.98 Å². The van der Waals surface area contributed by atoms with Crippen LogP contribution < -0.4 is 4.74 Å². The van der Waals surface area contributed by atoms with Gasteiger partial charge in [-0.15, -0.1) is 0 Å². The average Bonchev–Trinajstić information content (AvgIpc) is 2.59. The van der Waals surface area contributed by atoms with Gasteiger partial charge in [0.15, 0.2) is 0 Å². The highest BCUT2D eigenvalue weighted by Gasteiger charge is 2.06. The highest BCUT2D eigenvalue weighted by Crippen LogP contribution is 2.19. The van der Waals surface area contributed by atoms with E-state index in [2.05, 4.69) is 9.72 Å². The van der Waals surface area contributed by atoms with E-state index in [1.807, 2.05) is 30.3 Å². The number of methoxy groups -OCH3 is 1. The van der Waals surface area contributed by atoms with Crippen molar-refractivity contribution in [3.8, 4) is 5.75 Å². The number of benzene rings is 2. The molecule has 22 heavy (non-hydrogen) atoms. The summed E-state index contributed by atoms with van der Waals surface area (Å²) in [6.45, 7) is 0.445. The molecule has 0 saturated carbocycles. The SMILES string of the molecule is COC(=O)c1ccc(OCc2ccnc3ccccc23)cc1. The van der Waals surface area contributed by atoms with Crippen LogP contribution in [-0.4, -0.2) is 18.1 Å². The molecule has 0 spiro atoms. The molecule has 3 rings (SSSR count). The summed E-state index contributed by atoms with van der Waals surface area (Å²) in [7, 11) is 1.36. The van der Waals surface area contributed by atoms with E-state index in [1.165, 1.54) is 7.11 Å². The molecule has 4 heteroatoms. The van der Waals surface area contributed by atoms with Gasteiger partial charge in [-0.3, -0.25) is 4.98 Å². The fourth-order valence-electron chi connectivity index (χ4n) is 2.25. The first-order valence-corrected chi connectivity index (χ1v) is 6.92. The second-order valence-electron chi connectivity index (χ2n) is 4.79. The third-order valence-electron chi connectivity index (χ3n) is 3.41. The fourth-order valence-corrected chi connectivity index (χ4v) is 2.25. The normalized spacial score (nSPS) is 10.4. The molecular formula is C18H15NO3. The lowest BCUT2D eigenvalue weighted by atomic mass is 10.1. The Bertz CT molecular complexity index is 792. The first-order valence-electron chi connectivity index (χ1n) is 6.92. The van der Waals surface area contributed by atoms with Gasteiger partial charge >= 0.3 is 5.97 Å². The molecule has 1 aromatic heterocycles. The molecule has 110 valence electrons. The molecule has 4 nitrogen and oxygen atoms in total. The van der Waals surface area contributed by atoms with Crippen molar-refractivity contribution in [3.05, 3.63) is 71.9 Å². The smallest absolute Gasteiger partial charge is 0.337 e. The van der Waals surface area contributed by atoms with Gasteiger partial charge in [0.05, 0.1) is 18.2 Å². The van der Waals surface area contributed by atoms with Crippen molar-refractivity contribution in [2.75, 3.05) is 7.11 Å². The van der Waals surface area contributed by atoms with E-state index in [0.29, 0.717) is 17.9 Å². The summed E-state index contributed by atoms with van der Waals surface area (Å²) in [4.78, 5) is 15.7. The maximum absolute atomic E-state index is 11.4. The second kappa shape index (κ2) is 6.26. The highest BCUT2D eigenvalue weighted by atomic mass is 16.5.